The molecule has 11 nitrogen and oxygen atoms in total. The van der Waals surface area contributed by atoms with E-state index in [0.717, 1.165) is 0 Å². The highest BCUT2D eigenvalue weighted by molar-refractivity contribution is 6.31. The van der Waals surface area contributed by atoms with E-state index in [9.17, 15) is 34.2 Å². The molecule has 228 valence electrons. The summed E-state index contributed by atoms with van der Waals surface area (Å²) in [5, 5.41) is 49.8. The first-order chi connectivity index (χ1) is 20.6. The van der Waals surface area contributed by atoms with Gasteiger partial charge in [-0.1, -0.05) is 22.9 Å². The largest absolute Gasteiger partial charge is 0.394 e. The fourth-order valence-corrected chi connectivity index (χ4v) is 6.10. The quantitative estimate of drug-likeness (QED) is 0.363. The number of hydrogen-bond donors (Lipinski definition) is 3. The molecule has 43 heavy (non-hydrogen) atoms. The molecule has 2 aliphatic rings. The van der Waals surface area contributed by atoms with Gasteiger partial charge in [0.05, 0.1) is 36.6 Å². The zero-order chi connectivity index (χ0) is 31.0. The molecule has 1 aliphatic heterocycles. The number of amides is 1. The van der Waals surface area contributed by atoms with Gasteiger partial charge in [0.25, 0.3) is 5.91 Å². The van der Waals surface area contributed by atoms with Gasteiger partial charge in [-0.3, -0.25) is 4.79 Å². The average Bonchev–Trinajstić information content (AvgIpc) is 3.64. The number of carbonyl (C=O) groups is 1. The summed E-state index contributed by atoms with van der Waals surface area (Å²) >= 11 is 6.27. The van der Waals surface area contributed by atoms with Gasteiger partial charge in [-0.25, -0.2) is 13.5 Å². The van der Waals surface area contributed by atoms with Crippen LogP contribution in [-0.4, -0.2) is 86.5 Å². The lowest BCUT2D eigenvalue weighted by molar-refractivity contribution is -0.211. The SMILES string of the molecule is COC1C(C(=O)N(c2cc(Cl)cc(C#N)c2)[C@@H]2CCC[C@H]2O)OC(CO)C(O)C1n1cc(-c2ccc(C)c(F)c2F)nn1. The number of aliphatic hydroxyl groups excluding tert-OH is 3. The lowest BCUT2D eigenvalue weighted by Crippen LogP contribution is -2.62. The minimum atomic E-state index is -1.46. The van der Waals surface area contributed by atoms with Crippen LogP contribution >= 0.6 is 11.6 Å². The first kappa shape index (κ1) is 30.9. The molecule has 2 fully saturated rings. The highest BCUT2D eigenvalue weighted by Crippen LogP contribution is 2.37. The Morgan fingerprint density at radius 2 is 2.02 bits per heavy atom. The number of anilines is 1. The van der Waals surface area contributed by atoms with E-state index < -0.39 is 66.8 Å². The third-order valence-electron chi connectivity index (χ3n) is 8.05. The molecular weight excluding hydrogens is 588 g/mol. The average molecular weight is 618 g/mol. The Balaban J connectivity index is 1.56. The Hall–Kier alpha value is -3.51. The number of rotatable bonds is 7. The predicted molar refractivity (Wildman–Crippen MR) is 149 cm³/mol. The predicted octanol–water partition coefficient (Wildman–Crippen LogP) is 2.68. The van der Waals surface area contributed by atoms with Crippen LogP contribution in [0.4, 0.5) is 14.5 Å². The molecule has 5 rings (SSSR count). The summed E-state index contributed by atoms with van der Waals surface area (Å²) in [7, 11) is 1.29. The highest BCUT2D eigenvalue weighted by atomic mass is 35.5. The molecule has 0 radical (unpaired) electrons. The van der Waals surface area contributed by atoms with Crippen LogP contribution in [0, 0.1) is 29.9 Å². The third-order valence-corrected chi connectivity index (χ3v) is 8.27. The topological polar surface area (TPSA) is 154 Å². The molecule has 1 saturated heterocycles. The molecule has 2 heterocycles. The van der Waals surface area contributed by atoms with E-state index in [1.807, 2.05) is 6.07 Å². The number of hydrogen-bond acceptors (Lipinski definition) is 9. The Morgan fingerprint density at radius 1 is 1.26 bits per heavy atom. The zero-order valence-corrected chi connectivity index (χ0v) is 24.0. The second-order valence-corrected chi connectivity index (χ2v) is 11.1. The van der Waals surface area contributed by atoms with Crippen LogP contribution in [0.15, 0.2) is 36.5 Å². The first-order valence-corrected chi connectivity index (χ1v) is 14.0. The van der Waals surface area contributed by atoms with E-state index in [1.165, 1.54) is 60.1 Å². The molecule has 2 aromatic carbocycles. The second-order valence-electron chi connectivity index (χ2n) is 10.7. The van der Waals surface area contributed by atoms with Crippen molar-refractivity contribution in [2.75, 3.05) is 18.6 Å². The third kappa shape index (κ3) is 5.74. The molecule has 5 unspecified atom stereocenters. The van der Waals surface area contributed by atoms with E-state index in [4.69, 9.17) is 21.1 Å². The van der Waals surface area contributed by atoms with Crippen LogP contribution in [0.2, 0.25) is 5.02 Å². The number of halogens is 3. The monoisotopic (exact) mass is 617 g/mol. The van der Waals surface area contributed by atoms with Crippen LogP contribution in [0.1, 0.15) is 36.4 Å². The van der Waals surface area contributed by atoms with Crippen molar-refractivity contribution < 1.29 is 38.4 Å². The molecule has 0 bridgehead atoms. The lowest BCUT2D eigenvalue weighted by atomic mass is 9.91. The maximum atomic E-state index is 14.7. The van der Waals surface area contributed by atoms with Crippen LogP contribution in [0.25, 0.3) is 11.3 Å². The van der Waals surface area contributed by atoms with Crippen molar-refractivity contribution in [3.63, 3.8) is 0 Å². The van der Waals surface area contributed by atoms with Gasteiger partial charge in [0, 0.05) is 23.4 Å². The van der Waals surface area contributed by atoms with Crippen molar-refractivity contribution in [3.8, 4) is 17.3 Å². The normalized spacial score (nSPS) is 27.2. The number of methoxy groups -OCH3 is 1. The number of nitrogens with zero attached hydrogens (tertiary/aromatic N) is 5. The Bertz CT molecular complexity index is 1550. The molecule has 0 spiro atoms. The summed E-state index contributed by atoms with van der Waals surface area (Å²) in [4.78, 5) is 15.7. The molecule has 3 aromatic rings. The van der Waals surface area contributed by atoms with E-state index in [1.54, 1.807) is 0 Å². The van der Waals surface area contributed by atoms with Crippen molar-refractivity contribution in [1.29, 1.82) is 5.26 Å². The number of aryl methyl sites for hydroxylation is 1. The van der Waals surface area contributed by atoms with Gasteiger partial charge in [0.15, 0.2) is 17.7 Å². The first-order valence-electron chi connectivity index (χ1n) is 13.6. The highest BCUT2D eigenvalue weighted by Gasteiger charge is 2.52. The number of nitriles is 1. The summed E-state index contributed by atoms with van der Waals surface area (Å²) in [5.74, 6) is -2.83. The lowest BCUT2D eigenvalue weighted by Gasteiger charge is -2.45. The van der Waals surface area contributed by atoms with Crippen LogP contribution in [-0.2, 0) is 14.3 Å². The number of benzene rings is 2. The smallest absolute Gasteiger partial charge is 0.259 e. The van der Waals surface area contributed by atoms with Crippen LogP contribution in [0.5, 0.6) is 0 Å². The van der Waals surface area contributed by atoms with Gasteiger partial charge in [-0.15, -0.1) is 5.10 Å². The van der Waals surface area contributed by atoms with E-state index in [2.05, 4.69) is 10.3 Å². The zero-order valence-electron chi connectivity index (χ0n) is 23.3. The molecule has 7 atom stereocenters. The molecule has 1 saturated carbocycles. The molecule has 14 heteroatoms. The van der Waals surface area contributed by atoms with Gasteiger partial charge in [-0.05, 0) is 56.0 Å². The number of ether oxygens (including phenoxy) is 2. The van der Waals surface area contributed by atoms with Gasteiger partial charge in [-0.2, -0.15) is 5.26 Å². The van der Waals surface area contributed by atoms with E-state index in [-0.39, 0.29) is 33.1 Å². The molecule has 1 aromatic heterocycles. The minimum absolute atomic E-state index is 0.0352. The number of aromatic nitrogens is 3. The van der Waals surface area contributed by atoms with Gasteiger partial charge in [0.1, 0.15) is 30.0 Å². The summed E-state index contributed by atoms with van der Waals surface area (Å²) in [6.45, 7) is 0.740. The van der Waals surface area contributed by atoms with Gasteiger partial charge >= 0.3 is 0 Å². The minimum Gasteiger partial charge on any atom is -0.394 e. The Morgan fingerprint density at radius 3 is 2.67 bits per heavy atom. The maximum Gasteiger partial charge on any atom is 0.259 e. The summed E-state index contributed by atoms with van der Waals surface area (Å²) in [6, 6.07) is 7.29. The van der Waals surface area contributed by atoms with Crippen molar-refractivity contribution >= 4 is 23.2 Å². The van der Waals surface area contributed by atoms with Crippen LogP contribution < -0.4 is 4.90 Å². The fraction of sp³-hybridized carbons (Fsp3) is 0.448. The summed E-state index contributed by atoms with van der Waals surface area (Å²) < 4.78 is 41.8. The Labute approximate surface area is 250 Å². The standard InChI is InChI=1S/C29H30ClF2N5O6/c1-14-6-7-18(24(32)23(14)31)19-12-36(35-34-19)25-26(40)22(13-38)43-28(27(25)42-2)29(41)37(20-4-3-5-21(20)39)17-9-15(11-33)8-16(30)10-17/h6-10,12,20-22,25-28,38-40H,3-5,13H2,1-2H3/t20-,21-,22?,25?,26?,27?,28?/m1/s1. The van der Waals surface area contributed by atoms with Crippen molar-refractivity contribution in [1.82, 2.24) is 15.0 Å². The van der Waals surface area contributed by atoms with E-state index >= 15 is 0 Å². The van der Waals surface area contributed by atoms with Gasteiger partial charge in [0.2, 0.25) is 0 Å². The van der Waals surface area contributed by atoms with Crippen LogP contribution in [0.3, 0.4) is 0 Å². The Kier molecular flexibility index (Phi) is 9.07. The van der Waals surface area contributed by atoms with Crippen molar-refractivity contribution in [3.05, 3.63) is 64.3 Å². The molecular formula is C29H30ClF2N5O6. The van der Waals surface area contributed by atoms with Crippen molar-refractivity contribution in [2.45, 2.75) is 68.8 Å². The second kappa shape index (κ2) is 12.6. The summed E-state index contributed by atoms with van der Waals surface area (Å²) in [6.07, 6.45) is -3.49. The van der Waals surface area contributed by atoms with E-state index in [0.29, 0.717) is 19.3 Å². The number of aliphatic hydroxyl groups is 3. The maximum absolute atomic E-state index is 14.7. The number of carbonyl (C=O) groups excluding carboxylic acids is 1. The molecule has 1 aliphatic carbocycles. The van der Waals surface area contributed by atoms with Gasteiger partial charge < -0.3 is 29.7 Å². The summed E-state index contributed by atoms with van der Waals surface area (Å²) in [5.41, 5.74) is 0.358. The van der Waals surface area contributed by atoms with Crippen molar-refractivity contribution in [2.24, 2.45) is 0 Å². The molecule has 1 amide bonds. The molecule has 3 N–H and O–H groups in total. The fourth-order valence-electron chi connectivity index (χ4n) is 5.87.